The number of carboxylic acids is 1. The van der Waals surface area contributed by atoms with Crippen molar-refractivity contribution in [1.29, 1.82) is 5.53 Å². The van der Waals surface area contributed by atoms with Crippen LogP contribution < -0.4 is 0 Å². The Labute approximate surface area is 82.1 Å². The zero-order chi connectivity index (χ0) is 10.6. The van der Waals surface area contributed by atoms with Gasteiger partial charge in [0.05, 0.1) is 0 Å². The van der Waals surface area contributed by atoms with Crippen LogP contribution in [0, 0.1) is 12.5 Å². The van der Waals surface area contributed by atoms with Crippen molar-refractivity contribution in [2.24, 2.45) is 5.11 Å². The minimum atomic E-state index is -1.06. The Morgan fingerprint density at radius 1 is 1.50 bits per heavy atom. The Hall–Kier alpha value is -1.71. The average Bonchev–Trinajstić information content (AvgIpc) is 2.16. The van der Waals surface area contributed by atoms with E-state index >= 15 is 0 Å². The van der Waals surface area contributed by atoms with E-state index in [0.29, 0.717) is 0 Å². The van der Waals surface area contributed by atoms with Crippen molar-refractivity contribution < 1.29 is 9.90 Å². The third-order valence-electron chi connectivity index (χ3n) is 1.99. The maximum Gasteiger partial charge on any atom is 0.330 e. The first kappa shape index (κ1) is 10.4. The summed E-state index contributed by atoms with van der Waals surface area (Å²) in [4.78, 5) is 10.6. The normalized spacial score (nSPS) is 12.1. The zero-order valence-electron chi connectivity index (χ0n) is 7.90. The first-order valence-electron chi connectivity index (χ1n) is 4.28. The van der Waals surface area contributed by atoms with Gasteiger partial charge in [-0.15, -0.1) is 0 Å². The van der Waals surface area contributed by atoms with Crippen LogP contribution in [0.1, 0.15) is 11.1 Å². The van der Waals surface area contributed by atoms with E-state index in [1.807, 2.05) is 31.2 Å². The second-order valence-corrected chi connectivity index (χ2v) is 3.17. The average molecular weight is 192 g/mol. The summed E-state index contributed by atoms with van der Waals surface area (Å²) in [6.07, 6.45) is 0.277. The van der Waals surface area contributed by atoms with Crippen molar-refractivity contribution in [3.63, 3.8) is 0 Å². The Morgan fingerprint density at radius 2 is 2.07 bits per heavy atom. The third-order valence-corrected chi connectivity index (χ3v) is 1.99. The van der Waals surface area contributed by atoms with E-state index < -0.39 is 12.0 Å². The molecule has 4 nitrogen and oxygen atoms in total. The van der Waals surface area contributed by atoms with Crippen LogP contribution in [-0.2, 0) is 11.2 Å². The van der Waals surface area contributed by atoms with Crippen LogP contribution in [0.25, 0.3) is 0 Å². The van der Waals surface area contributed by atoms with Gasteiger partial charge in [0.15, 0.2) is 6.04 Å². The van der Waals surface area contributed by atoms with Gasteiger partial charge in [-0.05, 0) is 12.5 Å². The lowest BCUT2D eigenvalue weighted by Crippen LogP contribution is -2.19. The molecule has 0 aliphatic heterocycles. The number of hydrogen-bond donors (Lipinski definition) is 2. The highest BCUT2D eigenvalue weighted by atomic mass is 16.4. The third kappa shape index (κ3) is 2.65. The summed E-state index contributed by atoms with van der Waals surface area (Å²) >= 11 is 0. The predicted octanol–water partition coefficient (Wildman–Crippen LogP) is 2.02. The van der Waals surface area contributed by atoms with Crippen molar-refractivity contribution in [3.8, 4) is 0 Å². The molecule has 0 spiro atoms. The number of carbonyl (C=O) groups is 1. The lowest BCUT2D eigenvalue weighted by molar-refractivity contribution is -0.138. The highest BCUT2D eigenvalue weighted by molar-refractivity contribution is 5.73. The van der Waals surface area contributed by atoms with Crippen molar-refractivity contribution >= 4 is 5.97 Å². The first-order chi connectivity index (χ1) is 6.63. The fourth-order valence-corrected chi connectivity index (χ4v) is 1.14. The molecule has 0 saturated heterocycles. The Morgan fingerprint density at radius 3 is 2.50 bits per heavy atom. The first-order valence-corrected chi connectivity index (χ1v) is 4.28. The van der Waals surface area contributed by atoms with E-state index in [1.165, 1.54) is 0 Å². The van der Waals surface area contributed by atoms with Crippen LogP contribution >= 0.6 is 0 Å². The smallest absolute Gasteiger partial charge is 0.330 e. The van der Waals surface area contributed by atoms with Crippen LogP contribution in [0.15, 0.2) is 29.4 Å². The number of nitrogens with zero attached hydrogens (tertiary/aromatic N) is 1. The molecule has 1 aromatic rings. The van der Waals surface area contributed by atoms with Gasteiger partial charge in [-0.25, -0.2) is 10.3 Å². The monoisotopic (exact) mass is 192 g/mol. The minimum Gasteiger partial charge on any atom is -0.480 e. The van der Waals surface area contributed by atoms with Gasteiger partial charge in [0.2, 0.25) is 0 Å². The van der Waals surface area contributed by atoms with E-state index in [0.717, 1.165) is 11.1 Å². The van der Waals surface area contributed by atoms with Crippen molar-refractivity contribution in [2.45, 2.75) is 19.4 Å². The lowest BCUT2D eigenvalue weighted by Gasteiger charge is -2.05. The Balaban J connectivity index is 2.72. The maximum atomic E-state index is 10.6. The van der Waals surface area contributed by atoms with Gasteiger partial charge < -0.3 is 5.11 Å². The second kappa shape index (κ2) is 4.50. The molecule has 0 radical (unpaired) electrons. The van der Waals surface area contributed by atoms with Gasteiger partial charge in [-0.1, -0.05) is 29.8 Å². The number of benzene rings is 1. The number of rotatable bonds is 4. The molecule has 0 unspecified atom stereocenters. The van der Waals surface area contributed by atoms with E-state index in [-0.39, 0.29) is 6.42 Å². The standard InChI is InChI=1S/C10H12N2O2/c1-7-2-4-8(5-3-7)6-9(12-11)10(13)14/h2-5,9,11H,6H2,1H3,(H,13,14)/t9-/m0/s1. The van der Waals surface area contributed by atoms with Crippen molar-refractivity contribution in [1.82, 2.24) is 0 Å². The summed E-state index contributed by atoms with van der Waals surface area (Å²) in [5, 5.41) is 11.7. The quantitative estimate of drug-likeness (QED) is 0.716. The molecule has 0 fully saturated rings. The number of nitrogens with one attached hydrogen (secondary N) is 1. The SMILES string of the molecule is Cc1ccc(C[C@H](N=N)C(=O)O)cc1. The molecule has 74 valence electrons. The van der Waals surface area contributed by atoms with Gasteiger partial charge in [-0.3, -0.25) is 0 Å². The van der Waals surface area contributed by atoms with Crippen molar-refractivity contribution in [2.75, 3.05) is 0 Å². The van der Waals surface area contributed by atoms with Gasteiger partial charge >= 0.3 is 5.97 Å². The van der Waals surface area contributed by atoms with Gasteiger partial charge in [-0.2, -0.15) is 5.11 Å². The number of carboxylic acid groups (broad SMARTS) is 1. The van der Waals surface area contributed by atoms with Crippen molar-refractivity contribution in [3.05, 3.63) is 35.4 Å². The predicted molar refractivity (Wildman–Crippen MR) is 51.5 cm³/mol. The molecule has 1 rings (SSSR count). The van der Waals surface area contributed by atoms with Gasteiger partial charge in [0.25, 0.3) is 0 Å². The molecule has 2 N–H and O–H groups in total. The largest absolute Gasteiger partial charge is 0.480 e. The molecule has 0 saturated carbocycles. The molecule has 0 aliphatic carbocycles. The lowest BCUT2D eigenvalue weighted by atomic mass is 10.1. The highest BCUT2D eigenvalue weighted by Gasteiger charge is 2.15. The number of hydrogen-bond acceptors (Lipinski definition) is 3. The van der Waals surface area contributed by atoms with E-state index in [1.54, 1.807) is 0 Å². The molecule has 0 aliphatic rings. The summed E-state index contributed by atoms with van der Waals surface area (Å²) < 4.78 is 0. The Bertz CT molecular complexity index is 332. The number of aliphatic carboxylic acids is 1. The van der Waals surface area contributed by atoms with Gasteiger partial charge in [0.1, 0.15) is 0 Å². The fraction of sp³-hybridized carbons (Fsp3) is 0.300. The highest BCUT2D eigenvalue weighted by Crippen LogP contribution is 2.08. The summed E-state index contributed by atoms with van der Waals surface area (Å²) in [6, 6.07) is 6.58. The molecule has 14 heavy (non-hydrogen) atoms. The van der Waals surface area contributed by atoms with E-state index in [4.69, 9.17) is 10.6 Å². The van der Waals surface area contributed by atoms with Crippen LogP contribution in [0.2, 0.25) is 0 Å². The summed E-state index contributed by atoms with van der Waals surface area (Å²) in [5.74, 6) is -1.06. The summed E-state index contributed by atoms with van der Waals surface area (Å²) in [5.41, 5.74) is 8.74. The molecule has 0 bridgehead atoms. The molecule has 1 aromatic carbocycles. The summed E-state index contributed by atoms with van der Waals surface area (Å²) in [6.45, 7) is 1.97. The second-order valence-electron chi connectivity index (χ2n) is 3.17. The molecule has 4 heteroatoms. The fourth-order valence-electron chi connectivity index (χ4n) is 1.14. The maximum absolute atomic E-state index is 10.6. The van der Waals surface area contributed by atoms with Gasteiger partial charge in [0, 0.05) is 6.42 Å². The molecule has 0 aromatic heterocycles. The molecule has 0 amide bonds. The van der Waals surface area contributed by atoms with Crippen LogP contribution in [0.4, 0.5) is 0 Å². The zero-order valence-corrected chi connectivity index (χ0v) is 7.90. The van der Waals surface area contributed by atoms with Crippen LogP contribution in [0.3, 0.4) is 0 Å². The summed E-state index contributed by atoms with van der Waals surface area (Å²) in [7, 11) is 0. The molecule has 0 heterocycles. The molecular weight excluding hydrogens is 180 g/mol. The number of aryl methyl sites for hydroxylation is 1. The molecular formula is C10H12N2O2. The minimum absolute atomic E-state index is 0.277. The van der Waals surface area contributed by atoms with Crippen LogP contribution in [-0.4, -0.2) is 17.1 Å². The Kier molecular flexibility index (Phi) is 3.34. The van der Waals surface area contributed by atoms with Crippen LogP contribution in [0.5, 0.6) is 0 Å². The van der Waals surface area contributed by atoms with E-state index in [2.05, 4.69) is 5.11 Å². The van der Waals surface area contributed by atoms with E-state index in [9.17, 15) is 4.79 Å². The topological polar surface area (TPSA) is 73.5 Å². The molecule has 1 atom stereocenters.